The molecule has 2 fully saturated rings. The van der Waals surface area contributed by atoms with E-state index in [9.17, 15) is 17.6 Å². The number of hydrogen-bond donors (Lipinski definition) is 1. The molecule has 8 nitrogen and oxygen atoms in total. The van der Waals surface area contributed by atoms with Gasteiger partial charge in [-0.3, -0.25) is 4.79 Å². The van der Waals surface area contributed by atoms with Gasteiger partial charge in [0.1, 0.15) is 11.6 Å². The van der Waals surface area contributed by atoms with Crippen LogP contribution in [-0.2, 0) is 19.6 Å². The molecule has 11 heteroatoms. The molecule has 2 aliphatic rings. The second kappa shape index (κ2) is 10.8. The first kappa shape index (κ1) is 26.4. The number of nitrogens with one attached hydrogen (secondary N) is 1. The number of fused-ring (bicyclic) bond motifs is 2. The van der Waals surface area contributed by atoms with Gasteiger partial charge in [-0.05, 0) is 60.9 Å². The van der Waals surface area contributed by atoms with Crippen molar-refractivity contribution in [1.29, 1.82) is 0 Å². The Labute approximate surface area is 215 Å². The highest BCUT2D eigenvalue weighted by Gasteiger charge is 2.41. The van der Waals surface area contributed by atoms with Crippen LogP contribution in [0.4, 0.5) is 10.1 Å². The predicted octanol–water partition coefficient (Wildman–Crippen LogP) is 3.62. The fourth-order valence-corrected chi connectivity index (χ4v) is 6.07. The number of methoxy groups -OCH3 is 1. The van der Waals surface area contributed by atoms with Crippen molar-refractivity contribution in [2.24, 2.45) is 0 Å². The van der Waals surface area contributed by atoms with E-state index in [1.54, 1.807) is 12.1 Å². The highest BCUT2D eigenvalue weighted by molar-refractivity contribution is 7.89. The minimum Gasteiger partial charge on any atom is -0.495 e. The summed E-state index contributed by atoms with van der Waals surface area (Å²) in [5.74, 6) is -0.215. The number of carbonyl (C=O) groups excluding carboxylic acids is 1. The van der Waals surface area contributed by atoms with Gasteiger partial charge < -0.3 is 19.7 Å². The third-order valence-electron chi connectivity index (χ3n) is 6.44. The Bertz CT molecular complexity index is 1240. The molecule has 194 valence electrons. The molecule has 0 saturated carbocycles. The van der Waals surface area contributed by atoms with Gasteiger partial charge in [-0.1, -0.05) is 11.6 Å². The van der Waals surface area contributed by atoms with E-state index in [1.807, 2.05) is 4.90 Å². The zero-order valence-electron chi connectivity index (χ0n) is 20.3. The molecule has 2 aromatic rings. The maximum Gasteiger partial charge on any atom is 0.247 e. The molecule has 1 amide bonds. The number of benzene rings is 2. The topological polar surface area (TPSA) is 88.2 Å². The first-order chi connectivity index (χ1) is 17.1. The number of amides is 1. The number of piperidine rings is 1. The third kappa shape index (κ3) is 5.51. The lowest BCUT2D eigenvalue weighted by molar-refractivity contribution is -0.145. The molecule has 0 spiro atoms. The van der Waals surface area contributed by atoms with Gasteiger partial charge in [0.2, 0.25) is 15.9 Å². The van der Waals surface area contributed by atoms with Gasteiger partial charge in [0, 0.05) is 31.9 Å². The molecule has 2 saturated heterocycles. The molecule has 2 heterocycles. The second-order valence-electron chi connectivity index (χ2n) is 9.06. The van der Waals surface area contributed by atoms with Crippen molar-refractivity contribution in [3.63, 3.8) is 0 Å². The summed E-state index contributed by atoms with van der Waals surface area (Å²) < 4.78 is 51.0. The fraction of sp³-hybridized carbons (Fsp3) is 0.400. The zero-order chi connectivity index (χ0) is 26.0. The lowest BCUT2D eigenvalue weighted by Crippen LogP contribution is -2.60. The van der Waals surface area contributed by atoms with Gasteiger partial charge in [-0.15, -0.1) is 0 Å². The molecule has 2 bridgehead atoms. The molecule has 2 aliphatic heterocycles. The average molecular weight is 538 g/mol. The normalized spacial score (nSPS) is 22.2. The Morgan fingerprint density at radius 3 is 2.42 bits per heavy atom. The van der Waals surface area contributed by atoms with Crippen LogP contribution in [0, 0.1) is 5.82 Å². The minimum atomic E-state index is -3.82. The molecule has 4 rings (SSSR count). The maximum absolute atomic E-state index is 13.3. The Morgan fingerprint density at radius 2 is 1.83 bits per heavy atom. The van der Waals surface area contributed by atoms with Crippen LogP contribution in [0.1, 0.15) is 18.4 Å². The number of nitrogens with zero attached hydrogens (tertiary/aromatic N) is 2. The number of carbonyl (C=O) groups is 1. The predicted molar refractivity (Wildman–Crippen MR) is 136 cm³/mol. The molecule has 0 aliphatic carbocycles. The van der Waals surface area contributed by atoms with Crippen LogP contribution in [-0.4, -0.2) is 76.1 Å². The highest BCUT2D eigenvalue weighted by Crippen LogP contribution is 2.33. The Kier molecular flexibility index (Phi) is 7.89. The molecule has 0 aromatic heterocycles. The van der Waals surface area contributed by atoms with Crippen molar-refractivity contribution in [1.82, 2.24) is 9.21 Å². The maximum atomic E-state index is 13.3. The summed E-state index contributed by atoms with van der Waals surface area (Å²) in [6.45, 7) is 0.819. The van der Waals surface area contributed by atoms with E-state index in [1.165, 1.54) is 57.6 Å². The molecule has 0 radical (unpaired) electrons. The van der Waals surface area contributed by atoms with Crippen LogP contribution < -0.4 is 10.1 Å². The molecule has 1 N–H and O–H groups in total. The summed E-state index contributed by atoms with van der Waals surface area (Å²) in [4.78, 5) is 15.1. The van der Waals surface area contributed by atoms with E-state index in [0.717, 1.165) is 9.99 Å². The summed E-state index contributed by atoms with van der Waals surface area (Å²) in [5, 5.41) is 3.59. The van der Waals surface area contributed by atoms with Crippen molar-refractivity contribution in [3.8, 4) is 5.75 Å². The smallest absolute Gasteiger partial charge is 0.247 e. The first-order valence-electron chi connectivity index (χ1n) is 11.5. The largest absolute Gasteiger partial charge is 0.495 e. The molecule has 36 heavy (non-hydrogen) atoms. The number of hydrogen-bond acceptors (Lipinski definition) is 6. The van der Waals surface area contributed by atoms with Gasteiger partial charge in [-0.2, -0.15) is 0 Å². The van der Waals surface area contributed by atoms with Crippen LogP contribution >= 0.6 is 11.6 Å². The molecular formula is C25H29ClFN3O5S. The Balaban J connectivity index is 1.55. The summed E-state index contributed by atoms with van der Waals surface area (Å²) >= 11 is 6.20. The van der Waals surface area contributed by atoms with Gasteiger partial charge in [0.05, 0.1) is 42.3 Å². The Morgan fingerprint density at radius 1 is 1.19 bits per heavy atom. The number of rotatable bonds is 7. The van der Waals surface area contributed by atoms with Crippen LogP contribution in [0.5, 0.6) is 5.75 Å². The summed E-state index contributed by atoms with van der Waals surface area (Å²) in [7, 11) is 0.475. The van der Waals surface area contributed by atoms with Crippen molar-refractivity contribution in [2.75, 3.05) is 39.7 Å². The fourth-order valence-electron chi connectivity index (χ4n) is 4.68. The lowest BCUT2D eigenvalue weighted by Gasteiger charge is -2.48. The molecule has 3 atom stereocenters. The van der Waals surface area contributed by atoms with Crippen LogP contribution in [0.3, 0.4) is 0 Å². The van der Waals surface area contributed by atoms with E-state index >= 15 is 0 Å². The van der Waals surface area contributed by atoms with Gasteiger partial charge in [-0.25, -0.2) is 17.1 Å². The van der Waals surface area contributed by atoms with Crippen LogP contribution in [0.25, 0.3) is 6.08 Å². The minimum absolute atomic E-state index is 0.0203. The Hall–Kier alpha value is -2.66. The van der Waals surface area contributed by atoms with Crippen LogP contribution in [0.15, 0.2) is 47.4 Å². The van der Waals surface area contributed by atoms with E-state index in [-0.39, 0.29) is 39.8 Å². The molecular weight excluding hydrogens is 509 g/mol. The lowest BCUT2D eigenvalue weighted by atomic mass is 9.89. The number of morpholine rings is 1. The SMILES string of the molecule is COc1cc(C=CC(=O)N2[C@@H]3COC[C@H]2CC(Nc2ccc(F)cc2)C3)c(S(=O)(=O)N(C)C)cc1Cl. The van der Waals surface area contributed by atoms with Gasteiger partial charge >= 0.3 is 0 Å². The first-order valence-corrected chi connectivity index (χ1v) is 13.3. The highest BCUT2D eigenvalue weighted by atomic mass is 35.5. The number of anilines is 1. The van der Waals surface area contributed by atoms with Gasteiger partial charge in [0.15, 0.2) is 0 Å². The van der Waals surface area contributed by atoms with Crippen molar-refractivity contribution in [2.45, 2.75) is 35.9 Å². The van der Waals surface area contributed by atoms with Gasteiger partial charge in [0.25, 0.3) is 0 Å². The second-order valence-corrected chi connectivity index (χ2v) is 11.6. The van der Waals surface area contributed by atoms with E-state index in [4.69, 9.17) is 21.1 Å². The van der Waals surface area contributed by atoms with E-state index in [0.29, 0.717) is 37.4 Å². The number of sulfonamides is 1. The molecule has 1 unspecified atom stereocenters. The monoisotopic (exact) mass is 537 g/mol. The average Bonchev–Trinajstić information content (AvgIpc) is 2.83. The standard InChI is InChI=1S/C25H29ClFN3O5S/c1-29(2)36(32,33)24-13-22(26)23(34-3)10-16(24)4-9-25(31)30-20-11-19(12-21(30)15-35-14-20)28-18-7-5-17(27)6-8-18/h4-10,13,19-21,28H,11-12,14-15H2,1-3H3/t19?,20-,21+. The quantitative estimate of drug-likeness (QED) is 0.543. The van der Waals surface area contributed by atoms with E-state index in [2.05, 4.69) is 5.32 Å². The summed E-state index contributed by atoms with van der Waals surface area (Å²) in [6, 6.07) is 8.87. The van der Waals surface area contributed by atoms with Crippen molar-refractivity contribution in [3.05, 3.63) is 58.9 Å². The third-order valence-corrected chi connectivity index (χ3v) is 8.60. The summed E-state index contributed by atoms with van der Waals surface area (Å²) in [5.41, 5.74) is 1.12. The number of ether oxygens (including phenoxy) is 2. The van der Waals surface area contributed by atoms with E-state index < -0.39 is 10.0 Å². The summed E-state index contributed by atoms with van der Waals surface area (Å²) in [6.07, 6.45) is 4.21. The zero-order valence-corrected chi connectivity index (χ0v) is 21.9. The van der Waals surface area contributed by atoms with Crippen molar-refractivity contribution < 1.29 is 27.1 Å². The van der Waals surface area contributed by atoms with Crippen LogP contribution in [0.2, 0.25) is 5.02 Å². The van der Waals surface area contributed by atoms with Crippen molar-refractivity contribution >= 4 is 39.3 Å². The molecule has 2 aromatic carbocycles. The number of halogens is 2.